The summed E-state index contributed by atoms with van der Waals surface area (Å²) < 4.78 is 22.0. The van der Waals surface area contributed by atoms with E-state index in [0.29, 0.717) is 48.0 Å². The maximum Gasteiger partial charge on any atom is 0.295 e. The normalized spacial score (nSPS) is 16.3. The number of carbonyl (C=O) groups excluding carboxylic acids is 2. The zero-order valence-electron chi connectivity index (χ0n) is 22.6. The van der Waals surface area contributed by atoms with Crippen molar-refractivity contribution in [3.05, 3.63) is 89.0 Å². The Kier molecular flexibility index (Phi) is 8.76. The second-order valence-corrected chi connectivity index (χ2v) is 8.89. The van der Waals surface area contributed by atoms with Crippen molar-refractivity contribution in [3.8, 4) is 23.0 Å². The van der Waals surface area contributed by atoms with Crippen molar-refractivity contribution in [1.29, 1.82) is 0 Å². The minimum Gasteiger partial charge on any atom is -0.507 e. The van der Waals surface area contributed by atoms with Gasteiger partial charge >= 0.3 is 0 Å². The SMILES string of the molecule is CCOc1ccc(/C(O)=C2/C(=O)C(=O)N(CCc3ccc(OC)cc3)C2c2cccc(OC)c2)c(OCC)c1. The van der Waals surface area contributed by atoms with Gasteiger partial charge in [-0.1, -0.05) is 24.3 Å². The Labute approximate surface area is 228 Å². The van der Waals surface area contributed by atoms with Crippen LogP contribution >= 0.6 is 0 Å². The summed E-state index contributed by atoms with van der Waals surface area (Å²) in [7, 11) is 3.15. The lowest BCUT2D eigenvalue weighted by molar-refractivity contribution is -0.139. The summed E-state index contributed by atoms with van der Waals surface area (Å²) in [4.78, 5) is 28.4. The van der Waals surface area contributed by atoms with Crippen LogP contribution in [-0.4, -0.2) is 55.7 Å². The molecule has 1 unspecified atom stereocenters. The van der Waals surface area contributed by atoms with Crippen LogP contribution in [0.3, 0.4) is 0 Å². The van der Waals surface area contributed by atoms with Crippen LogP contribution in [0.25, 0.3) is 5.76 Å². The molecule has 1 saturated heterocycles. The minimum atomic E-state index is -0.820. The average Bonchev–Trinajstić information content (AvgIpc) is 3.21. The van der Waals surface area contributed by atoms with Crippen LogP contribution in [0.5, 0.6) is 23.0 Å². The van der Waals surface area contributed by atoms with Crippen LogP contribution in [0.4, 0.5) is 0 Å². The van der Waals surface area contributed by atoms with Gasteiger partial charge in [0.15, 0.2) is 0 Å². The van der Waals surface area contributed by atoms with Crippen molar-refractivity contribution >= 4 is 17.4 Å². The molecule has 3 aromatic carbocycles. The molecule has 1 atom stereocenters. The predicted molar refractivity (Wildman–Crippen MR) is 147 cm³/mol. The van der Waals surface area contributed by atoms with E-state index in [1.807, 2.05) is 44.2 Å². The zero-order valence-corrected chi connectivity index (χ0v) is 22.6. The van der Waals surface area contributed by atoms with E-state index in [0.717, 1.165) is 11.3 Å². The van der Waals surface area contributed by atoms with E-state index in [1.165, 1.54) is 4.90 Å². The summed E-state index contributed by atoms with van der Waals surface area (Å²) >= 11 is 0. The molecule has 1 heterocycles. The number of benzene rings is 3. The molecule has 3 aromatic rings. The molecule has 1 amide bonds. The quantitative estimate of drug-likeness (QED) is 0.207. The van der Waals surface area contributed by atoms with Gasteiger partial charge in [0, 0.05) is 12.6 Å². The number of nitrogens with zero attached hydrogens (tertiary/aromatic N) is 1. The number of hydrogen-bond donors (Lipinski definition) is 1. The number of Topliss-reactive ketones (excluding diaryl/α,β-unsaturated/α-hetero) is 1. The van der Waals surface area contributed by atoms with Crippen LogP contribution in [-0.2, 0) is 16.0 Å². The first kappa shape index (κ1) is 27.6. The number of aliphatic hydroxyl groups excluding tert-OH is 1. The Morgan fingerprint density at radius 3 is 2.21 bits per heavy atom. The molecule has 0 aliphatic carbocycles. The molecular weight excluding hydrogens is 498 g/mol. The first-order chi connectivity index (χ1) is 18.9. The topological polar surface area (TPSA) is 94.5 Å². The largest absolute Gasteiger partial charge is 0.507 e. The van der Waals surface area contributed by atoms with Crippen molar-refractivity contribution in [2.24, 2.45) is 0 Å². The van der Waals surface area contributed by atoms with Crippen molar-refractivity contribution in [1.82, 2.24) is 4.90 Å². The zero-order chi connectivity index (χ0) is 27.9. The number of aliphatic hydroxyl groups is 1. The first-order valence-electron chi connectivity index (χ1n) is 12.9. The molecule has 1 aliphatic heterocycles. The van der Waals surface area contributed by atoms with Gasteiger partial charge in [-0.15, -0.1) is 0 Å². The number of carbonyl (C=O) groups is 2. The van der Waals surface area contributed by atoms with E-state index in [4.69, 9.17) is 18.9 Å². The summed E-state index contributed by atoms with van der Waals surface area (Å²) in [5.74, 6) is 0.490. The van der Waals surface area contributed by atoms with Crippen LogP contribution in [0.2, 0.25) is 0 Å². The summed E-state index contributed by atoms with van der Waals surface area (Å²) in [6.07, 6.45) is 0.505. The highest BCUT2D eigenvalue weighted by Crippen LogP contribution is 2.42. The number of amides is 1. The van der Waals surface area contributed by atoms with Gasteiger partial charge in [0.2, 0.25) is 0 Å². The molecule has 4 rings (SSSR count). The van der Waals surface area contributed by atoms with Crippen LogP contribution in [0.1, 0.15) is 36.6 Å². The molecule has 1 fully saturated rings. The van der Waals surface area contributed by atoms with Gasteiger partial charge in [-0.05, 0) is 67.8 Å². The molecule has 1 N–H and O–H groups in total. The Morgan fingerprint density at radius 2 is 1.54 bits per heavy atom. The van der Waals surface area contributed by atoms with Gasteiger partial charge < -0.3 is 29.0 Å². The summed E-state index contributed by atoms with van der Waals surface area (Å²) in [6, 6.07) is 18.9. The molecule has 0 radical (unpaired) electrons. The number of ether oxygens (including phenoxy) is 4. The molecule has 1 aliphatic rings. The third-order valence-corrected chi connectivity index (χ3v) is 6.57. The van der Waals surface area contributed by atoms with Gasteiger partial charge in [-0.3, -0.25) is 9.59 Å². The number of methoxy groups -OCH3 is 2. The fourth-order valence-corrected chi connectivity index (χ4v) is 4.69. The van der Waals surface area contributed by atoms with Crippen molar-refractivity contribution in [2.75, 3.05) is 34.0 Å². The maximum absolute atomic E-state index is 13.5. The number of rotatable bonds is 11. The first-order valence-corrected chi connectivity index (χ1v) is 12.9. The molecule has 204 valence electrons. The van der Waals surface area contributed by atoms with Crippen LogP contribution < -0.4 is 18.9 Å². The third-order valence-electron chi connectivity index (χ3n) is 6.57. The maximum atomic E-state index is 13.5. The van der Waals surface area contributed by atoms with E-state index >= 15 is 0 Å². The standard InChI is InChI=1S/C31H33NO7/c1-5-38-24-14-15-25(26(19-24)39-6-2)29(33)27-28(21-8-7-9-23(18-21)37-4)32(31(35)30(27)34)17-16-20-10-12-22(36-3)13-11-20/h7-15,18-19,28,33H,5-6,16-17H2,1-4H3/b29-27-. The van der Waals surface area contributed by atoms with E-state index in [9.17, 15) is 14.7 Å². The molecule has 0 bridgehead atoms. The second kappa shape index (κ2) is 12.4. The Bertz CT molecular complexity index is 1360. The molecule has 8 heteroatoms. The highest BCUT2D eigenvalue weighted by molar-refractivity contribution is 6.46. The molecular formula is C31H33NO7. The van der Waals surface area contributed by atoms with Crippen molar-refractivity contribution in [3.63, 3.8) is 0 Å². The van der Waals surface area contributed by atoms with E-state index in [2.05, 4.69) is 0 Å². The molecule has 8 nitrogen and oxygen atoms in total. The second-order valence-electron chi connectivity index (χ2n) is 8.89. The Hall–Kier alpha value is -4.46. The lowest BCUT2D eigenvalue weighted by atomic mass is 9.94. The van der Waals surface area contributed by atoms with Crippen LogP contribution in [0, 0.1) is 0 Å². The van der Waals surface area contributed by atoms with Crippen LogP contribution in [0.15, 0.2) is 72.3 Å². The van der Waals surface area contributed by atoms with Crippen molar-refractivity contribution < 1.29 is 33.6 Å². The monoisotopic (exact) mass is 531 g/mol. The molecule has 0 aromatic heterocycles. The smallest absolute Gasteiger partial charge is 0.295 e. The third kappa shape index (κ3) is 5.85. The predicted octanol–water partition coefficient (Wildman–Crippen LogP) is 5.17. The van der Waals surface area contributed by atoms with E-state index in [-0.39, 0.29) is 17.9 Å². The van der Waals surface area contributed by atoms with Gasteiger partial charge in [-0.2, -0.15) is 0 Å². The average molecular weight is 532 g/mol. The summed E-state index contributed by atoms with van der Waals surface area (Å²) in [5.41, 5.74) is 1.93. The fourth-order valence-electron chi connectivity index (χ4n) is 4.69. The summed E-state index contributed by atoms with van der Waals surface area (Å²) in [5, 5.41) is 11.6. The highest BCUT2D eigenvalue weighted by Gasteiger charge is 2.46. The number of hydrogen-bond acceptors (Lipinski definition) is 7. The summed E-state index contributed by atoms with van der Waals surface area (Å²) in [6.45, 7) is 4.76. The Morgan fingerprint density at radius 1 is 0.846 bits per heavy atom. The van der Waals surface area contributed by atoms with Gasteiger partial charge in [0.05, 0.1) is 44.6 Å². The number of likely N-dealkylation sites (tertiary alicyclic amines) is 1. The molecule has 0 saturated carbocycles. The van der Waals surface area contributed by atoms with Crippen molar-refractivity contribution in [2.45, 2.75) is 26.3 Å². The molecule has 0 spiro atoms. The van der Waals surface area contributed by atoms with E-state index < -0.39 is 17.7 Å². The minimum absolute atomic E-state index is 0.00639. The molecule has 39 heavy (non-hydrogen) atoms. The van der Waals surface area contributed by atoms with Gasteiger partial charge in [0.1, 0.15) is 28.8 Å². The van der Waals surface area contributed by atoms with E-state index in [1.54, 1.807) is 50.6 Å². The highest BCUT2D eigenvalue weighted by atomic mass is 16.5. The number of ketones is 1. The van der Waals surface area contributed by atoms with Gasteiger partial charge in [-0.25, -0.2) is 0 Å². The fraction of sp³-hybridized carbons (Fsp3) is 0.290. The van der Waals surface area contributed by atoms with Gasteiger partial charge in [0.25, 0.3) is 11.7 Å². The lowest BCUT2D eigenvalue weighted by Gasteiger charge is -2.26. The Balaban J connectivity index is 1.80. The lowest BCUT2D eigenvalue weighted by Crippen LogP contribution is -2.31.